The van der Waals surface area contributed by atoms with Gasteiger partial charge in [0, 0.05) is 24.8 Å². The van der Waals surface area contributed by atoms with Crippen molar-refractivity contribution in [1.29, 1.82) is 0 Å². The second kappa shape index (κ2) is 13.7. The Morgan fingerprint density at radius 3 is 1.77 bits per heavy atom. The quantitative estimate of drug-likeness (QED) is 0.116. The Hall–Kier alpha value is -6.19. The Morgan fingerprint density at radius 1 is 0.750 bits per heavy atom. The van der Waals surface area contributed by atoms with Crippen LogP contribution in [0.4, 0.5) is 32.3 Å². The molecule has 3 aromatic carbocycles. The van der Waals surface area contributed by atoms with Gasteiger partial charge >= 0.3 is 12.2 Å². The highest BCUT2D eigenvalue weighted by molar-refractivity contribution is 5.93. The number of nitrogens with two attached hydrogens (primary N) is 1. The molecule has 1 aliphatic rings. The van der Waals surface area contributed by atoms with Gasteiger partial charge in [-0.15, -0.1) is 0 Å². The van der Waals surface area contributed by atoms with E-state index in [1.54, 1.807) is 57.3 Å². The first-order valence-electron chi connectivity index (χ1n) is 14.5. The Morgan fingerprint density at radius 2 is 1.23 bits per heavy atom. The lowest BCUT2D eigenvalue weighted by molar-refractivity contribution is -0.384. The molecule has 0 saturated carbocycles. The maximum Gasteiger partial charge on any atom is 0.420 e. The number of nitro groups is 2. The van der Waals surface area contributed by atoms with Crippen LogP contribution >= 0.6 is 0 Å². The summed E-state index contributed by atoms with van der Waals surface area (Å²) in [4.78, 5) is 56.2. The number of aromatic nitrogens is 4. The van der Waals surface area contributed by atoms with Gasteiger partial charge < -0.3 is 15.2 Å². The number of fused-ring (bicyclic) bond motifs is 3. The zero-order chi connectivity index (χ0) is 35.4. The largest absolute Gasteiger partial charge is 0.443 e. The monoisotopic (exact) mass is 658 g/mol. The first-order valence-corrected chi connectivity index (χ1v) is 14.5. The highest BCUT2D eigenvalue weighted by atomic mass is 16.6. The minimum atomic E-state index is -0.644. The van der Waals surface area contributed by atoms with Gasteiger partial charge in [0.25, 0.3) is 11.4 Å². The second-order valence-corrected chi connectivity index (χ2v) is 12.4. The molecule has 0 unspecified atom stereocenters. The highest BCUT2D eigenvalue weighted by Crippen LogP contribution is 2.33. The fourth-order valence-corrected chi connectivity index (χ4v) is 4.42. The number of carbonyl (C=O) groups excluding carboxylic acids is 2. The molecule has 0 amide bonds. The summed E-state index contributed by atoms with van der Waals surface area (Å²) < 4.78 is 13.0. The van der Waals surface area contributed by atoms with Gasteiger partial charge in [-0.1, -0.05) is 24.3 Å². The van der Waals surface area contributed by atoms with Crippen molar-refractivity contribution < 1.29 is 28.9 Å². The van der Waals surface area contributed by atoms with E-state index < -0.39 is 33.2 Å². The van der Waals surface area contributed by atoms with Crippen molar-refractivity contribution in [3.63, 3.8) is 0 Å². The van der Waals surface area contributed by atoms with E-state index in [1.807, 2.05) is 26.8 Å². The molecule has 0 aliphatic carbocycles. The molecule has 48 heavy (non-hydrogen) atoms. The first-order chi connectivity index (χ1) is 22.5. The van der Waals surface area contributed by atoms with Crippen LogP contribution in [0, 0.1) is 20.2 Å². The third-order valence-corrected chi connectivity index (χ3v) is 6.37. The molecule has 0 bridgehead atoms. The molecule has 2 aromatic heterocycles. The Balaban J connectivity index is 0.000000166. The van der Waals surface area contributed by atoms with Gasteiger partial charge in [0.2, 0.25) is 0 Å². The van der Waals surface area contributed by atoms with Crippen LogP contribution in [0.2, 0.25) is 0 Å². The van der Waals surface area contributed by atoms with E-state index in [0.717, 1.165) is 10.1 Å². The summed E-state index contributed by atoms with van der Waals surface area (Å²) >= 11 is 0. The molecular formula is C32H34N8O8. The number of non-ortho nitro benzene ring substituents is 1. The third-order valence-electron chi connectivity index (χ3n) is 6.37. The van der Waals surface area contributed by atoms with Crippen LogP contribution in [0.15, 0.2) is 72.2 Å². The smallest absolute Gasteiger partial charge is 0.420 e. The number of rotatable bonds is 2. The fourth-order valence-electron chi connectivity index (χ4n) is 4.42. The molecule has 3 heterocycles. The van der Waals surface area contributed by atoms with Gasteiger partial charge in [-0.25, -0.2) is 28.7 Å². The van der Waals surface area contributed by atoms with E-state index in [0.29, 0.717) is 34.3 Å². The van der Waals surface area contributed by atoms with Crippen LogP contribution in [-0.2, 0) is 15.9 Å². The van der Waals surface area contributed by atoms with E-state index in [4.69, 9.17) is 15.2 Å². The number of ether oxygens (including phenoxy) is 2. The topological polar surface area (TPSA) is 213 Å². The van der Waals surface area contributed by atoms with Crippen LogP contribution in [0.1, 0.15) is 47.1 Å². The minimum Gasteiger partial charge on any atom is -0.443 e. The van der Waals surface area contributed by atoms with Gasteiger partial charge in [-0.2, -0.15) is 0 Å². The van der Waals surface area contributed by atoms with Gasteiger partial charge in [0.1, 0.15) is 35.1 Å². The Labute approximate surface area is 274 Å². The van der Waals surface area contributed by atoms with E-state index in [1.165, 1.54) is 35.4 Å². The van der Waals surface area contributed by atoms with Crippen molar-refractivity contribution in [3.8, 4) is 0 Å². The molecule has 16 nitrogen and oxygen atoms in total. The summed E-state index contributed by atoms with van der Waals surface area (Å²) in [5.41, 5.74) is 8.32. The summed E-state index contributed by atoms with van der Waals surface area (Å²) in [6.07, 6.45) is 3.98. The lowest BCUT2D eigenvalue weighted by atomic mass is 10.1. The number of hydrogen-bond donors (Lipinski definition) is 1. The fraction of sp³-hybridized carbons (Fsp3) is 0.281. The number of nitrogens with zero attached hydrogens (tertiary/aromatic N) is 7. The summed E-state index contributed by atoms with van der Waals surface area (Å²) in [5.74, 6) is 0. The van der Waals surface area contributed by atoms with Crippen molar-refractivity contribution in [3.05, 3.63) is 93.0 Å². The maximum atomic E-state index is 11.9. The lowest BCUT2D eigenvalue weighted by Crippen LogP contribution is -2.26. The van der Waals surface area contributed by atoms with Crippen molar-refractivity contribution in [2.45, 2.75) is 59.2 Å². The zero-order valence-electron chi connectivity index (χ0n) is 27.1. The molecule has 2 N–H and O–H groups in total. The van der Waals surface area contributed by atoms with Gasteiger partial charge in [-0.3, -0.25) is 25.2 Å². The van der Waals surface area contributed by atoms with Crippen LogP contribution in [0.5, 0.6) is 0 Å². The van der Waals surface area contributed by atoms with Crippen molar-refractivity contribution >= 4 is 63.2 Å². The van der Waals surface area contributed by atoms with Crippen LogP contribution < -0.4 is 5.73 Å². The molecule has 6 rings (SSSR count). The number of nitro benzene ring substituents is 2. The molecule has 0 radical (unpaired) electrons. The number of benzene rings is 3. The molecule has 0 fully saturated rings. The van der Waals surface area contributed by atoms with Crippen LogP contribution in [0.25, 0.3) is 22.1 Å². The highest BCUT2D eigenvalue weighted by Gasteiger charge is 2.23. The number of carbonyl (C=O) groups is 2. The average molecular weight is 659 g/mol. The minimum absolute atomic E-state index is 0.0984. The predicted octanol–water partition coefficient (Wildman–Crippen LogP) is 6.98. The number of hydrogen-bond acceptors (Lipinski definition) is 12. The normalized spacial score (nSPS) is 12.0. The Bertz CT molecular complexity index is 2050. The van der Waals surface area contributed by atoms with Crippen LogP contribution in [-0.4, -0.2) is 58.6 Å². The number of para-hydroxylation sites is 3. The summed E-state index contributed by atoms with van der Waals surface area (Å²) in [5, 5.41) is 21.4. The molecular weight excluding hydrogens is 624 g/mol. The summed E-state index contributed by atoms with van der Waals surface area (Å²) in [6.45, 7) is 10.7. The molecule has 16 heteroatoms. The molecule has 1 aliphatic heterocycles. The van der Waals surface area contributed by atoms with E-state index in [9.17, 15) is 29.8 Å². The molecule has 5 aromatic rings. The third kappa shape index (κ3) is 8.14. The first kappa shape index (κ1) is 34.7. The van der Waals surface area contributed by atoms with Crippen molar-refractivity contribution in [2.24, 2.45) is 4.99 Å². The molecule has 0 spiro atoms. The van der Waals surface area contributed by atoms with Gasteiger partial charge in [0.15, 0.2) is 5.52 Å². The average Bonchev–Trinajstić information content (AvgIpc) is 3.74. The molecule has 0 saturated heterocycles. The summed E-state index contributed by atoms with van der Waals surface area (Å²) in [6, 6.07) is 14.7. The molecule has 0 atom stereocenters. The molecule has 250 valence electrons. The van der Waals surface area contributed by atoms with E-state index in [-0.39, 0.29) is 16.9 Å². The number of nitrogen functional groups attached to an aromatic ring is 1. The lowest BCUT2D eigenvalue weighted by Gasteiger charge is -2.19. The number of aliphatic imine (C=N–C) groups is 1. The maximum absolute atomic E-state index is 11.9. The van der Waals surface area contributed by atoms with Gasteiger partial charge in [0.05, 0.1) is 26.6 Å². The number of imidazole rings is 2. The zero-order valence-corrected chi connectivity index (χ0v) is 27.1. The van der Waals surface area contributed by atoms with Crippen molar-refractivity contribution in [1.82, 2.24) is 19.1 Å². The van der Waals surface area contributed by atoms with Gasteiger partial charge in [-0.05, 0) is 65.3 Å². The van der Waals surface area contributed by atoms with E-state index in [2.05, 4.69) is 15.0 Å². The number of anilines is 1. The summed E-state index contributed by atoms with van der Waals surface area (Å²) in [7, 11) is 0. The van der Waals surface area contributed by atoms with E-state index >= 15 is 0 Å². The second-order valence-electron chi connectivity index (χ2n) is 12.4. The SMILES string of the molecule is CC(C)(C)OC(=O)n1cnc2c(N)cccc21.CC(C)(C)OC(=O)n1cnc2c([N+](=O)[O-])cccc21.O=[N+]([O-])c1cccc2c1N=CC2. The predicted molar refractivity (Wildman–Crippen MR) is 179 cm³/mol. The Kier molecular flexibility index (Phi) is 9.87. The van der Waals surface area contributed by atoms with Crippen LogP contribution in [0.3, 0.4) is 0 Å². The standard InChI is InChI=1S/C12H13N3O4.C12H15N3O2.C8H6N2O2/c1-12(2,3)19-11(16)14-7-13-10-8(14)5-4-6-9(10)15(17)18;1-12(2,3)17-11(16)15-7-14-10-8(13)5-4-6-9(10)15;11-10(12)7-3-1-2-6-4-5-9-8(6)7/h4-7H,1-3H3;4-7H,13H2,1-3H3;1-3,5H,4H2. The van der Waals surface area contributed by atoms with Crippen molar-refractivity contribution in [2.75, 3.05) is 5.73 Å².